The van der Waals surface area contributed by atoms with Gasteiger partial charge in [0.25, 0.3) is 5.91 Å². The van der Waals surface area contributed by atoms with E-state index in [2.05, 4.69) is 0 Å². The van der Waals surface area contributed by atoms with E-state index in [1.165, 1.54) is 0 Å². The molecule has 5 nitrogen and oxygen atoms in total. The largest absolute Gasteiger partial charge is 0.486 e. The molecular weight excluding hydrogens is 294 g/mol. The number of amides is 1. The van der Waals surface area contributed by atoms with Crippen molar-refractivity contribution in [1.29, 1.82) is 0 Å². The predicted molar refractivity (Wildman–Crippen MR) is 76.0 cm³/mol. The number of halogens is 1. The zero-order chi connectivity index (χ0) is 14.6. The molecule has 0 bridgehead atoms. The highest BCUT2D eigenvalue weighted by Crippen LogP contribution is 2.45. The molecule has 0 radical (unpaired) electrons. The van der Waals surface area contributed by atoms with E-state index < -0.39 is 5.60 Å². The normalized spacial score (nSPS) is 22.7. The highest BCUT2D eigenvalue weighted by Gasteiger charge is 2.53. The van der Waals surface area contributed by atoms with E-state index in [1.54, 1.807) is 17.0 Å². The first kappa shape index (κ1) is 13.2. The molecule has 2 heterocycles. The molecule has 3 aliphatic rings. The summed E-state index contributed by atoms with van der Waals surface area (Å²) in [6.07, 6.45) is 2.13. The van der Waals surface area contributed by atoms with Crippen molar-refractivity contribution >= 4 is 17.5 Å². The number of carbonyl (C=O) groups excluding carboxylic acids is 1. The van der Waals surface area contributed by atoms with Gasteiger partial charge in [0.2, 0.25) is 0 Å². The smallest absolute Gasteiger partial charge is 0.254 e. The lowest BCUT2D eigenvalue weighted by Gasteiger charge is -2.47. The number of β-amino-alcohol motifs (C(OH)–C–C–N with tert-alkyl or cyclic N) is 1. The third-order valence-corrected chi connectivity index (χ3v) is 4.68. The second-order valence-electron chi connectivity index (χ2n) is 6.02. The van der Waals surface area contributed by atoms with Crippen LogP contribution in [-0.4, -0.2) is 47.8 Å². The van der Waals surface area contributed by atoms with Crippen molar-refractivity contribution < 1.29 is 19.4 Å². The number of ether oxygens (including phenoxy) is 2. The van der Waals surface area contributed by atoms with Gasteiger partial charge in [-0.3, -0.25) is 4.79 Å². The van der Waals surface area contributed by atoms with Crippen LogP contribution in [-0.2, 0) is 0 Å². The number of hydrogen-bond donors (Lipinski definition) is 1. The minimum Gasteiger partial charge on any atom is -0.486 e. The zero-order valence-electron chi connectivity index (χ0n) is 11.5. The average molecular weight is 310 g/mol. The van der Waals surface area contributed by atoms with Gasteiger partial charge < -0.3 is 19.5 Å². The van der Waals surface area contributed by atoms with Crippen LogP contribution in [0.3, 0.4) is 0 Å². The van der Waals surface area contributed by atoms with E-state index in [-0.39, 0.29) is 5.91 Å². The van der Waals surface area contributed by atoms with Gasteiger partial charge in [-0.2, -0.15) is 0 Å². The van der Waals surface area contributed by atoms with E-state index in [1.807, 2.05) is 0 Å². The van der Waals surface area contributed by atoms with Gasteiger partial charge in [-0.25, -0.2) is 0 Å². The third-order valence-electron chi connectivity index (χ3n) is 4.40. The minimum absolute atomic E-state index is 0.126. The first-order valence-corrected chi connectivity index (χ1v) is 7.55. The van der Waals surface area contributed by atoms with Crippen molar-refractivity contribution in [2.45, 2.75) is 18.4 Å². The second-order valence-corrected chi connectivity index (χ2v) is 6.43. The Morgan fingerprint density at radius 1 is 1.29 bits per heavy atom. The maximum Gasteiger partial charge on any atom is 0.254 e. The molecule has 1 aromatic rings. The van der Waals surface area contributed by atoms with Gasteiger partial charge in [-0.05, 0) is 30.9 Å². The van der Waals surface area contributed by atoms with Crippen LogP contribution >= 0.6 is 11.6 Å². The molecule has 0 aromatic heterocycles. The number of fused-ring (bicyclic) bond motifs is 1. The number of hydrogen-bond acceptors (Lipinski definition) is 4. The van der Waals surface area contributed by atoms with Crippen LogP contribution in [0.15, 0.2) is 12.1 Å². The number of aliphatic hydroxyl groups is 1. The van der Waals surface area contributed by atoms with Crippen molar-refractivity contribution in [2.75, 3.05) is 26.3 Å². The van der Waals surface area contributed by atoms with Gasteiger partial charge in [-0.1, -0.05) is 11.6 Å². The summed E-state index contributed by atoms with van der Waals surface area (Å²) in [4.78, 5) is 14.1. The van der Waals surface area contributed by atoms with E-state index >= 15 is 0 Å². The molecule has 1 amide bonds. The standard InChI is InChI=1S/C15H16ClNO4/c16-11-5-9(6-12-13(11)21-4-3-20-12)14(18)17-7-15(19,8-17)10-1-2-10/h5-6,10,19H,1-4,7-8H2. The molecule has 4 rings (SSSR count). The number of nitrogens with zero attached hydrogens (tertiary/aromatic N) is 1. The molecule has 112 valence electrons. The molecule has 1 saturated heterocycles. The summed E-state index contributed by atoms with van der Waals surface area (Å²) >= 11 is 6.15. The fraction of sp³-hybridized carbons (Fsp3) is 0.533. The Morgan fingerprint density at radius 3 is 2.71 bits per heavy atom. The number of likely N-dealkylation sites (tertiary alicyclic amines) is 1. The van der Waals surface area contributed by atoms with E-state index in [9.17, 15) is 9.90 Å². The van der Waals surface area contributed by atoms with Crippen LogP contribution in [0.1, 0.15) is 23.2 Å². The van der Waals surface area contributed by atoms with Gasteiger partial charge in [-0.15, -0.1) is 0 Å². The average Bonchev–Trinajstić information content (AvgIpc) is 3.28. The Bertz CT molecular complexity index is 608. The van der Waals surface area contributed by atoms with Crippen molar-refractivity contribution in [1.82, 2.24) is 4.90 Å². The lowest BCUT2D eigenvalue weighted by Crippen LogP contribution is -2.64. The Kier molecular flexibility index (Phi) is 2.84. The SMILES string of the molecule is O=C(c1cc(Cl)c2c(c1)OCCO2)N1CC(O)(C2CC2)C1. The van der Waals surface area contributed by atoms with Gasteiger partial charge in [0.05, 0.1) is 18.1 Å². The quantitative estimate of drug-likeness (QED) is 0.903. The Labute approximate surface area is 127 Å². The topological polar surface area (TPSA) is 59.0 Å². The molecule has 1 saturated carbocycles. The second kappa shape index (κ2) is 4.52. The van der Waals surface area contributed by atoms with E-state index in [0.717, 1.165) is 12.8 Å². The number of rotatable bonds is 2. The molecule has 0 spiro atoms. The van der Waals surface area contributed by atoms with Crippen LogP contribution in [0, 0.1) is 5.92 Å². The van der Waals surface area contributed by atoms with Crippen LogP contribution in [0.2, 0.25) is 5.02 Å². The maximum absolute atomic E-state index is 12.5. The molecule has 0 unspecified atom stereocenters. The van der Waals surface area contributed by atoms with Crippen molar-refractivity contribution in [3.8, 4) is 11.5 Å². The maximum atomic E-state index is 12.5. The molecule has 6 heteroatoms. The van der Waals surface area contributed by atoms with Crippen LogP contribution in [0.4, 0.5) is 0 Å². The number of carbonyl (C=O) groups is 1. The lowest BCUT2D eigenvalue weighted by molar-refractivity contribution is -0.0958. The Balaban J connectivity index is 1.54. The summed E-state index contributed by atoms with van der Waals surface area (Å²) in [5.41, 5.74) is -0.199. The zero-order valence-corrected chi connectivity index (χ0v) is 12.2. The third kappa shape index (κ3) is 2.15. The summed E-state index contributed by atoms with van der Waals surface area (Å²) < 4.78 is 10.9. The molecule has 0 atom stereocenters. The molecule has 1 aliphatic carbocycles. The molecule has 2 aliphatic heterocycles. The summed E-state index contributed by atoms with van der Waals surface area (Å²) in [7, 11) is 0. The van der Waals surface area contributed by atoms with Crippen LogP contribution in [0.5, 0.6) is 11.5 Å². The van der Waals surface area contributed by atoms with Gasteiger partial charge in [0, 0.05) is 5.56 Å². The van der Waals surface area contributed by atoms with Gasteiger partial charge in [0.15, 0.2) is 11.5 Å². The minimum atomic E-state index is -0.673. The Hall–Kier alpha value is -1.46. The van der Waals surface area contributed by atoms with E-state index in [0.29, 0.717) is 54.3 Å². The van der Waals surface area contributed by atoms with Crippen molar-refractivity contribution in [2.24, 2.45) is 5.92 Å². The van der Waals surface area contributed by atoms with E-state index in [4.69, 9.17) is 21.1 Å². The summed E-state index contributed by atoms with van der Waals surface area (Å²) in [6.45, 7) is 1.72. The molecule has 2 fully saturated rings. The highest BCUT2D eigenvalue weighted by atomic mass is 35.5. The first-order valence-electron chi connectivity index (χ1n) is 7.18. The monoisotopic (exact) mass is 309 g/mol. The Morgan fingerprint density at radius 2 is 2.00 bits per heavy atom. The van der Waals surface area contributed by atoms with Gasteiger partial charge in [0.1, 0.15) is 18.8 Å². The fourth-order valence-electron chi connectivity index (χ4n) is 3.05. The van der Waals surface area contributed by atoms with Crippen molar-refractivity contribution in [3.63, 3.8) is 0 Å². The molecule has 1 N–H and O–H groups in total. The molecule has 1 aromatic carbocycles. The lowest BCUT2D eigenvalue weighted by atomic mass is 9.88. The fourth-order valence-corrected chi connectivity index (χ4v) is 3.32. The van der Waals surface area contributed by atoms with Gasteiger partial charge >= 0.3 is 0 Å². The molecule has 21 heavy (non-hydrogen) atoms. The van der Waals surface area contributed by atoms with Crippen LogP contribution in [0.25, 0.3) is 0 Å². The van der Waals surface area contributed by atoms with Crippen molar-refractivity contribution in [3.05, 3.63) is 22.7 Å². The van der Waals surface area contributed by atoms with Crippen LogP contribution < -0.4 is 9.47 Å². The number of benzene rings is 1. The first-order chi connectivity index (χ1) is 10.1. The summed E-state index contributed by atoms with van der Waals surface area (Å²) in [5.74, 6) is 1.25. The highest BCUT2D eigenvalue weighted by molar-refractivity contribution is 6.32. The summed E-state index contributed by atoms with van der Waals surface area (Å²) in [5, 5.41) is 10.7. The summed E-state index contributed by atoms with van der Waals surface area (Å²) in [6, 6.07) is 3.27. The predicted octanol–water partition coefficient (Wildman–Crippen LogP) is 1.71. The molecular formula is C15H16ClNO4.